The van der Waals surface area contributed by atoms with Crippen LogP contribution in [0.3, 0.4) is 0 Å². The van der Waals surface area contributed by atoms with Crippen molar-refractivity contribution in [3.05, 3.63) is 59.0 Å². The van der Waals surface area contributed by atoms with Crippen LogP contribution >= 0.6 is 11.3 Å². The minimum Gasteiger partial charge on any atom is -0.289 e. The number of hydrogen-bond donors (Lipinski definition) is 3. The molecule has 10 nitrogen and oxygen atoms in total. The van der Waals surface area contributed by atoms with Crippen molar-refractivity contribution in [1.82, 2.24) is 15.0 Å². The number of thiophene rings is 1. The molecule has 110 valence electrons. The molecule has 0 unspecified atom stereocenters. The Kier molecular flexibility index (Phi) is 3.95. The van der Waals surface area contributed by atoms with E-state index < -0.39 is 27.8 Å². The predicted molar refractivity (Wildman–Crippen MR) is 73.1 cm³/mol. The highest BCUT2D eigenvalue weighted by Gasteiger charge is 2.15. The van der Waals surface area contributed by atoms with E-state index in [0.29, 0.717) is 9.75 Å². The first kappa shape index (κ1) is 14.6. The van der Waals surface area contributed by atoms with Crippen molar-refractivity contribution in [2.24, 2.45) is 5.84 Å². The fourth-order valence-electron chi connectivity index (χ4n) is 1.57. The normalized spacial score (nSPS) is 10.3. The molecule has 0 spiro atoms. The third-order valence-corrected chi connectivity index (χ3v) is 3.60. The molecule has 21 heavy (non-hydrogen) atoms. The Bertz CT molecular complexity index is 820. The molecule has 0 aliphatic heterocycles. The van der Waals surface area contributed by atoms with Crippen molar-refractivity contribution in [1.29, 1.82) is 0 Å². The number of nitro groups is 1. The fraction of sp³-hybridized carbons (Fsp3) is 0.100. The third-order valence-electron chi connectivity index (χ3n) is 2.53. The summed E-state index contributed by atoms with van der Waals surface area (Å²) >= 11 is 1.07. The number of nitrogen functional groups attached to an aromatic ring is 1. The summed E-state index contributed by atoms with van der Waals surface area (Å²) in [5.41, 5.74) is -0.597. The molecule has 0 aliphatic carbocycles. The topological polar surface area (TPSA) is 153 Å². The zero-order valence-corrected chi connectivity index (χ0v) is 11.2. The number of H-pyrrole nitrogens is 1. The third kappa shape index (κ3) is 3.04. The maximum absolute atomic E-state index is 11.6. The van der Waals surface area contributed by atoms with Crippen molar-refractivity contribution in [2.45, 2.75) is 6.54 Å². The molecular weight excluding hydrogens is 302 g/mol. The van der Waals surface area contributed by atoms with Gasteiger partial charge in [-0.1, -0.05) is 0 Å². The van der Waals surface area contributed by atoms with Crippen LogP contribution in [0.1, 0.15) is 14.5 Å². The minimum atomic E-state index is -1.06. The number of rotatable bonds is 4. The second kappa shape index (κ2) is 5.68. The Balaban J connectivity index is 2.35. The Labute approximate surface area is 120 Å². The van der Waals surface area contributed by atoms with Crippen LogP contribution in [0.15, 0.2) is 27.9 Å². The maximum Gasteiger partial charge on any atom is 0.350 e. The van der Waals surface area contributed by atoms with E-state index in [1.165, 1.54) is 6.07 Å². The van der Waals surface area contributed by atoms with Crippen LogP contribution in [-0.4, -0.2) is 20.4 Å². The molecule has 0 aliphatic rings. The number of carbonyl (C=O) groups is 1. The van der Waals surface area contributed by atoms with Gasteiger partial charge in [0.15, 0.2) is 0 Å². The van der Waals surface area contributed by atoms with Crippen LogP contribution in [0.5, 0.6) is 0 Å². The summed E-state index contributed by atoms with van der Waals surface area (Å²) in [6.45, 7) is -0.0149. The predicted octanol–water partition coefficient (Wildman–Crippen LogP) is -0.842. The van der Waals surface area contributed by atoms with Gasteiger partial charge in [0, 0.05) is 4.88 Å². The average molecular weight is 311 g/mol. The summed E-state index contributed by atoms with van der Waals surface area (Å²) in [5.74, 6) is 4.52. The highest BCUT2D eigenvalue weighted by Crippen LogP contribution is 2.17. The van der Waals surface area contributed by atoms with Gasteiger partial charge < -0.3 is 0 Å². The lowest BCUT2D eigenvalue weighted by Crippen LogP contribution is -2.31. The minimum absolute atomic E-state index is 0.0149. The second-order valence-corrected chi connectivity index (χ2v) is 5.07. The lowest BCUT2D eigenvalue weighted by molar-refractivity contribution is -0.386. The molecule has 11 heteroatoms. The molecule has 0 fully saturated rings. The van der Waals surface area contributed by atoms with Gasteiger partial charge in [-0.15, -0.1) is 11.3 Å². The van der Waals surface area contributed by atoms with Crippen molar-refractivity contribution in [3.63, 3.8) is 0 Å². The Morgan fingerprint density at radius 1 is 1.48 bits per heavy atom. The summed E-state index contributed by atoms with van der Waals surface area (Å²) < 4.78 is 0.982. The van der Waals surface area contributed by atoms with Crippen molar-refractivity contribution < 1.29 is 9.72 Å². The fourth-order valence-corrected chi connectivity index (χ4v) is 2.48. The first-order valence-corrected chi connectivity index (χ1v) is 6.32. The van der Waals surface area contributed by atoms with E-state index in [4.69, 9.17) is 5.84 Å². The summed E-state index contributed by atoms with van der Waals surface area (Å²) in [5, 5.41) is 10.7. The first-order chi connectivity index (χ1) is 9.92. The Hall–Kier alpha value is -2.79. The maximum atomic E-state index is 11.6. The molecule has 4 N–H and O–H groups in total. The van der Waals surface area contributed by atoms with Crippen LogP contribution < -0.4 is 22.5 Å². The number of hydrazine groups is 1. The van der Waals surface area contributed by atoms with Crippen LogP contribution in [0.25, 0.3) is 0 Å². The highest BCUT2D eigenvalue weighted by molar-refractivity contribution is 7.14. The largest absolute Gasteiger partial charge is 0.350 e. The Morgan fingerprint density at radius 2 is 2.19 bits per heavy atom. The Morgan fingerprint density at radius 3 is 2.81 bits per heavy atom. The van der Waals surface area contributed by atoms with E-state index in [2.05, 4.69) is 0 Å². The average Bonchev–Trinajstić information content (AvgIpc) is 2.89. The quantitative estimate of drug-likeness (QED) is 0.289. The zero-order chi connectivity index (χ0) is 15.6. The molecule has 0 radical (unpaired) electrons. The van der Waals surface area contributed by atoms with Crippen LogP contribution in [0.4, 0.5) is 5.69 Å². The monoisotopic (exact) mass is 311 g/mol. The van der Waals surface area contributed by atoms with Gasteiger partial charge in [-0.25, -0.2) is 10.6 Å². The van der Waals surface area contributed by atoms with E-state index >= 15 is 0 Å². The van der Waals surface area contributed by atoms with E-state index in [-0.39, 0.29) is 6.54 Å². The van der Waals surface area contributed by atoms with E-state index in [9.17, 15) is 24.5 Å². The molecular formula is C10H9N5O5S. The first-order valence-electron chi connectivity index (χ1n) is 5.50. The number of amides is 1. The number of hydrogen-bond acceptors (Lipinski definition) is 7. The lowest BCUT2D eigenvalue weighted by Gasteiger charge is -2.02. The van der Waals surface area contributed by atoms with E-state index in [1.54, 1.807) is 6.07 Å². The van der Waals surface area contributed by atoms with Gasteiger partial charge in [0.05, 0.1) is 22.5 Å². The van der Waals surface area contributed by atoms with Gasteiger partial charge in [0.1, 0.15) is 0 Å². The molecule has 2 rings (SSSR count). The molecule has 0 atom stereocenters. The number of aromatic amines is 1. The SMILES string of the molecule is NNC(=O)c1ccc(Cn2cc([N+](=O)[O-])c(=O)[nH]c2=O)s1. The van der Waals surface area contributed by atoms with E-state index in [1.807, 2.05) is 10.4 Å². The molecule has 0 bridgehead atoms. The molecule has 2 aromatic heterocycles. The number of aromatic nitrogens is 2. The van der Waals surface area contributed by atoms with Gasteiger partial charge in [0.2, 0.25) is 0 Å². The number of carbonyl (C=O) groups excluding carboxylic acids is 1. The van der Waals surface area contributed by atoms with E-state index in [0.717, 1.165) is 22.1 Å². The van der Waals surface area contributed by atoms with Gasteiger partial charge in [-0.3, -0.25) is 34.7 Å². The van der Waals surface area contributed by atoms with Crippen molar-refractivity contribution >= 4 is 22.9 Å². The zero-order valence-electron chi connectivity index (χ0n) is 10.4. The molecule has 0 aromatic carbocycles. The van der Waals surface area contributed by atoms with Crippen LogP contribution in [-0.2, 0) is 6.54 Å². The van der Waals surface area contributed by atoms with Crippen molar-refractivity contribution in [2.75, 3.05) is 0 Å². The number of nitrogens with two attached hydrogens (primary N) is 1. The van der Waals surface area contributed by atoms with Gasteiger partial charge in [0.25, 0.3) is 5.91 Å². The summed E-state index contributed by atoms with van der Waals surface area (Å²) in [7, 11) is 0. The summed E-state index contributed by atoms with van der Waals surface area (Å²) in [6.07, 6.45) is 0.865. The lowest BCUT2D eigenvalue weighted by atomic mass is 10.4. The van der Waals surface area contributed by atoms with Crippen LogP contribution in [0, 0.1) is 10.1 Å². The molecule has 0 saturated carbocycles. The highest BCUT2D eigenvalue weighted by atomic mass is 32.1. The smallest absolute Gasteiger partial charge is 0.289 e. The van der Waals surface area contributed by atoms with Gasteiger partial charge in [-0.05, 0) is 12.1 Å². The molecule has 2 aromatic rings. The van der Waals surface area contributed by atoms with Crippen LogP contribution in [0.2, 0.25) is 0 Å². The molecule has 2 heterocycles. The number of nitrogens with one attached hydrogen (secondary N) is 2. The molecule has 1 amide bonds. The second-order valence-electron chi connectivity index (χ2n) is 3.90. The summed E-state index contributed by atoms with van der Waals surface area (Å²) in [4.78, 5) is 46.7. The van der Waals surface area contributed by atoms with Gasteiger partial charge >= 0.3 is 16.9 Å². The van der Waals surface area contributed by atoms with Gasteiger partial charge in [-0.2, -0.15) is 0 Å². The van der Waals surface area contributed by atoms with Crippen molar-refractivity contribution in [3.8, 4) is 0 Å². The number of nitrogens with zero attached hydrogens (tertiary/aromatic N) is 2. The standard InChI is InChI=1S/C10H9N5O5S/c11-13-9(17)7-2-1-5(21-7)3-14-4-6(15(19)20)8(16)12-10(14)18/h1-2,4H,3,11H2,(H,13,17)(H,12,16,18). The molecule has 0 saturated heterocycles. The summed E-state index contributed by atoms with van der Waals surface area (Å²) in [6, 6.07) is 3.09.